The maximum Gasteiger partial charge on any atom is 0.226 e. The average molecular weight is 292 g/mol. The minimum Gasteiger partial charge on any atom is -0.390 e. The lowest BCUT2D eigenvalue weighted by Gasteiger charge is -2.36. The van der Waals surface area contributed by atoms with E-state index in [1.54, 1.807) is 11.3 Å². The summed E-state index contributed by atoms with van der Waals surface area (Å²) in [5, 5.41) is 16.4. The lowest BCUT2D eigenvalue weighted by atomic mass is 9.94. The number of nitrogens with zero attached hydrogens (tertiary/aromatic N) is 3. The van der Waals surface area contributed by atoms with E-state index in [9.17, 15) is 5.11 Å². The van der Waals surface area contributed by atoms with Crippen LogP contribution in [0.25, 0.3) is 10.2 Å². The highest BCUT2D eigenvalue weighted by Gasteiger charge is 2.29. The Bertz CT molecular complexity index is 600. The number of piperidine rings is 1. The van der Waals surface area contributed by atoms with Gasteiger partial charge in [-0.3, -0.25) is 0 Å². The van der Waals surface area contributed by atoms with Crippen LogP contribution in [0.2, 0.25) is 0 Å². The van der Waals surface area contributed by atoms with Gasteiger partial charge in [0, 0.05) is 19.6 Å². The van der Waals surface area contributed by atoms with Gasteiger partial charge in [-0.2, -0.15) is 4.98 Å². The van der Waals surface area contributed by atoms with Crippen LogP contribution < -0.4 is 10.2 Å². The number of hydrogen-bond acceptors (Lipinski definition) is 6. The first-order chi connectivity index (χ1) is 9.59. The molecule has 0 unspecified atom stereocenters. The first kappa shape index (κ1) is 13.6. The summed E-state index contributed by atoms with van der Waals surface area (Å²) < 4.78 is 0. The van der Waals surface area contributed by atoms with E-state index in [1.807, 2.05) is 13.8 Å². The Hall–Kier alpha value is -1.40. The van der Waals surface area contributed by atoms with Gasteiger partial charge in [0.2, 0.25) is 5.95 Å². The molecule has 0 saturated carbocycles. The molecule has 0 radical (unpaired) electrons. The number of anilines is 2. The molecule has 2 N–H and O–H groups in total. The van der Waals surface area contributed by atoms with Gasteiger partial charge in [-0.15, -0.1) is 11.3 Å². The summed E-state index contributed by atoms with van der Waals surface area (Å²) in [6, 6.07) is 2.08. The Labute approximate surface area is 122 Å². The highest BCUT2D eigenvalue weighted by molar-refractivity contribution is 7.16. The van der Waals surface area contributed by atoms with Crippen LogP contribution in [-0.2, 0) is 0 Å². The number of aliphatic hydroxyl groups is 1. The largest absolute Gasteiger partial charge is 0.390 e. The molecule has 0 atom stereocenters. The number of thiophene rings is 1. The zero-order valence-electron chi connectivity index (χ0n) is 11.9. The smallest absolute Gasteiger partial charge is 0.226 e. The van der Waals surface area contributed by atoms with Gasteiger partial charge >= 0.3 is 0 Å². The van der Waals surface area contributed by atoms with Crippen LogP contribution >= 0.6 is 11.3 Å². The Morgan fingerprint density at radius 3 is 2.85 bits per heavy atom. The molecule has 20 heavy (non-hydrogen) atoms. The fourth-order valence-electron chi connectivity index (χ4n) is 2.52. The summed E-state index contributed by atoms with van der Waals surface area (Å²) in [5.41, 5.74) is -0.540. The van der Waals surface area contributed by atoms with Crippen molar-refractivity contribution < 1.29 is 5.11 Å². The molecule has 2 aromatic heterocycles. The second-order valence-corrected chi connectivity index (χ2v) is 6.42. The quantitative estimate of drug-likeness (QED) is 0.910. The molecule has 0 aliphatic carbocycles. The SMILES string of the molecule is CCNc1nc(N2CCC(C)(O)CC2)c2ccsc2n1. The van der Waals surface area contributed by atoms with Gasteiger partial charge < -0.3 is 15.3 Å². The fraction of sp³-hybridized carbons (Fsp3) is 0.571. The second kappa shape index (κ2) is 5.18. The van der Waals surface area contributed by atoms with Crippen LogP contribution in [0.4, 0.5) is 11.8 Å². The summed E-state index contributed by atoms with van der Waals surface area (Å²) in [5.74, 6) is 1.68. The number of hydrogen-bond donors (Lipinski definition) is 2. The van der Waals surface area contributed by atoms with Crippen molar-refractivity contribution in [3.05, 3.63) is 11.4 Å². The third-order valence-corrected chi connectivity index (χ3v) is 4.59. The van der Waals surface area contributed by atoms with Crippen LogP contribution in [0.5, 0.6) is 0 Å². The van der Waals surface area contributed by atoms with E-state index in [0.29, 0.717) is 5.95 Å². The van der Waals surface area contributed by atoms with Gasteiger partial charge in [-0.05, 0) is 38.1 Å². The van der Waals surface area contributed by atoms with E-state index in [0.717, 1.165) is 48.5 Å². The molecule has 1 fully saturated rings. The van der Waals surface area contributed by atoms with E-state index in [-0.39, 0.29) is 0 Å². The van der Waals surface area contributed by atoms with Gasteiger partial charge in [0.15, 0.2) is 0 Å². The van der Waals surface area contributed by atoms with Crippen molar-refractivity contribution in [3.8, 4) is 0 Å². The molecule has 1 aliphatic rings. The average Bonchev–Trinajstić information content (AvgIpc) is 2.86. The second-order valence-electron chi connectivity index (χ2n) is 5.52. The van der Waals surface area contributed by atoms with E-state index in [2.05, 4.69) is 31.6 Å². The van der Waals surface area contributed by atoms with Gasteiger partial charge in [0.25, 0.3) is 0 Å². The summed E-state index contributed by atoms with van der Waals surface area (Å²) in [6.45, 7) is 6.43. The van der Waals surface area contributed by atoms with Crippen molar-refractivity contribution in [3.63, 3.8) is 0 Å². The zero-order chi connectivity index (χ0) is 14.2. The maximum absolute atomic E-state index is 10.1. The van der Waals surface area contributed by atoms with E-state index < -0.39 is 5.60 Å². The third kappa shape index (κ3) is 2.58. The zero-order valence-corrected chi connectivity index (χ0v) is 12.7. The van der Waals surface area contributed by atoms with Crippen molar-refractivity contribution in [1.82, 2.24) is 9.97 Å². The molecule has 0 amide bonds. The fourth-order valence-corrected chi connectivity index (χ4v) is 3.28. The molecule has 0 aromatic carbocycles. The summed E-state index contributed by atoms with van der Waals surface area (Å²) in [6.07, 6.45) is 1.55. The topological polar surface area (TPSA) is 61.3 Å². The first-order valence-corrected chi connectivity index (χ1v) is 7.93. The molecule has 108 valence electrons. The molecule has 3 rings (SSSR count). The molecule has 6 heteroatoms. The third-order valence-electron chi connectivity index (χ3n) is 3.78. The molecule has 0 bridgehead atoms. The van der Waals surface area contributed by atoms with Crippen LogP contribution in [-0.4, -0.2) is 40.3 Å². The van der Waals surface area contributed by atoms with Crippen LogP contribution in [0, 0.1) is 0 Å². The van der Waals surface area contributed by atoms with Crippen molar-refractivity contribution in [2.24, 2.45) is 0 Å². The predicted octanol–water partition coefficient (Wildman–Crippen LogP) is 2.47. The normalized spacial score (nSPS) is 18.4. The van der Waals surface area contributed by atoms with E-state index >= 15 is 0 Å². The number of aromatic nitrogens is 2. The van der Waals surface area contributed by atoms with Gasteiger partial charge in [0.1, 0.15) is 10.6 Å². The lowest BCUT2D eigenvalue weighted by molar-refractivity contribution is 0.0350. The summed E-state index contributed by atoms with van der Waals surface area (Å²) in [7, 11) is 0. The summed E-state index contributed by atoms with van der Waals surface area (Å²) in [4.78, 5) is 12.5. The van der Waals surface area contributed by atoms with Gasteiger partial charge in [-0.1, -0.05) is 0 Å². The van der Waals surface area contributed by atoms with E-state index in [1.165, 1.54) is 0 Å². The Morgan fingerprint density at radius 2 is 2.15 bits per heavy atom. The Balaban J connectivity index is 1.95. The first-order valence-electron chi connectivity index (χ1n) is 7.05. The van der Waals surface area contributed by atoms with Crippen molar-refractivity contribution in [1.29, 1.82) is 0 Å². The van der Waals surface area contributed by atoms with Gasteiger partial charge in [-0.25, -0.2) is 4.98 Å². The minimum absolute atomic E-state index is 0.540. The molecular weight excluding hydrogens is 272 g/mol. The van der Waals surface area contributed by atoms with Crippen LogP contribution in [0.1, 0.15) is 26.7 Å². The molecule has 5 nitrogen and oxygen atoms in total. The molecule has 1 saturated heterocycles. The number of rotatable bonds is 3. The highest BCUT2D eigenvalue weighted by Crippen LogP contribution is 2.32. The van der Waals surface area contributed by atoms with Crippen LogP contribution in [0.3, 0.4) is 0 Å². The van der Waals surface area contributed by atoms with Crippen molar-refractivity contribution in [2.75, 3.05) is 29.9 Å². The van der Waals surface area contributed by atoms with Gasteiger partial charge in [0.05, 0.1) is 11.0 Å². The molecule has 3 heterocycles. The van der Waals surface area contributed by atoms with Crippen molar-refractivity contribution in [2.45, 2.75) is 32.3 Å². The lowest BCUT2D eigenvalue weighted by Crippen LogP contribution is -2.42. The number of fused-ring (bicyclic) bond motifs is 1. The van der Waals surface area contributed by atoms with Crippen molar-refractivity contribution >= 4 is 33.3 Å². The minimum atomic E-state index is -0.540. The Kier molecular flexibility index (Phi) is 3.52. The summed E-state index contributed by atoms with van der Waals surface area (Å²) >= 11 is 1.64. The maximum atomic E-state index is 10.1. The molecule has 0 spiro atoms. The standard InChI is InChI=1S/C14H20N4OS/c1-3-15-13-16-11(10-4-9-20-12(10)17-13)18-7-5-14(2,19)6-8-18/h4,9,19H,3,5-8H2,1-2H3,(H,15,16,17). The molecule has 1 aliphatic heterocycles. The monoisotopic (exact) mass is 292 g/mol. The highest BCUT2D eigenvalue weighted by atomic mass is 32.1. The number of nitrogens with one attached hydrogen (secondary N) is 1. The molecular formula is C14H20N4OS. The predicted molar refractivity (Wildman–Crippen MR) is 83.6 cm³/mol. The molecule has 2 aromatic rings. The van der Waals surface area contributed by atoms with E-state index in [4.69, 9.17) is 0 Å². The van der Waals surface area contributed by atoms with Crippen LogP contribution in [0.15, 0.2) is 11.4 Å². The Morgan fingerprint density at radius 1 is 1.40 bits per heavy atom.